The number of ether oxygens (including phenoxy) is 1. The minimum atomic E-state index is -0.581. The number of aliphatic hydroxyl groups is 1. The lowest BCUT2D eigenvalue weighted by Gasteiger charge is -2.41. The van der Waals surface area contributed by atoms with Crippen molar-refractivity contribution < 1.29 is 9.84 Å². The van der Waals surface area contributed by atoms with Crippen LogP contribution in [0.1, 0.15) is 50.7 Å². The molecule has 0 heterocycles. The van der Waals surface area contributed by atoms with Crippen LogP contribution in [0.5, 0.6) is 5.75 Å². The second-order valence-corrected chi connectivity index (χ2v) is 6.91. The molecule has 0 radical (unpaired) electrons. The number of rotatable bonds is 3. The minimum absolute atomic E-state index is 0.240. The van der Waals surface area contributed by atoms with Crippen molar-refractivity contribution in [3.05, 3.63) is 29.3 Å². The maximum absolute atomic E-state index is 10.9. The van der Waals surface area contributed by atoms with Crippen molar-refractivity contribution in [2.75, 3.05) is 7.11 Å². The number of hydrogen-bond acceptors (Lipinski definition) is 2. The van der Waals surface area contributed by atoms with Crippen molar-refractivity contribution in [2.45, 2.75) is 58.5 Å². The fourth-order valence-corrected chi connectivity index (χ4v) is 3.51. The highest BCUT2D eigenvalue weighted by Crippen LogP contribution is 2.43. The number of hydrogen-bond donors (Lipinski definition) is 1. The van der Waals surface area contributed by atoms with Crippen LogP contribution in [-0.2, 0) is 6.42 Å². The highest BCUT2D eigenvalue weighted by Gasteiger charge is 2.38. The molecular formula is C17H26O2. The maximum atomic E-state index is 10.9. The lowest BCUT2D eigenvalue weighted by atomic mass is 9.68. The predicted octanol–water partition coefficient (Wildman–Crippen LogP) is 3.88. The van der Waals surface area contributed by atoms with Crippen LogP contribution in [0.15, 0.2) is 18.2 Å². The van der Waals surface area contributed by atoms with E-state index >= 15 is 0 Å². The Labute approximate surface area is 116 Å². The molecule has 1 saturated carbocycles. The summed E-state index contributed by atoms with van der Waals surface area (Å²) in [5.74, 6) is 0.891. The van der Waals surface area contributed by atoms with Crippen LogP contribution in [-0.4, -0.2) is 17.8 Å². The fraction of sp³-hybridized carbons (Fsp3) is 0.647. The summed E-state index contributed by atoms with van der Waals surface area (Å²) in [4.78, 5) is 0. The zero-order valence-corrected chi connectivity index (χ0v) is 12.6. The van der Waals surface area contributed by atoms with E-state index < -0.39 is 5.60 Å². The van der Waals surface area contributed by atoms with Crippen molar-refractivity contribution in [3.8, 4) is 5.75 Å². The first-order valence-corrected chi connectivity index (χ1v) is 7.20. The summed E-state index contributed by atoms with van der Waals surface area (Å²) in [6, 6.07) is 6.19. The monoisotopic (exact) mass is 262 g/mol. The van der Waals surface area contributed by atoms with Crippen molar-refractivity contribution >= 4 is 0 Å². The molecule has 19 heavy (non-hydrogen) atoms. The van der Waals surface area contributed by atoms with E-state index in [-0.39, 0.29) is 5.41 Å². The second-order valence-electron chi connectivity index (χ2n) is 6.91. The molecule has 0 aromatic heterocycles. The Bertz CT molecular complexity index is 451. The van der Waals surface area contributed by atoms with Gasteiger partial charge in [-0.2, -0.15) is 0 Å². The third-order valence-corrected chi connectivity index (χ3v) is 4.26. The van der Waals surface area contributed by atoms with E-state index in [0.29, 0.717) is 6.42 Å². The van der Waals surface area contributed by atoms with Gasteiger partial charge in [0, 0.05) is 6.42 Å². The van der Waals surface area contributed by atoms with Crippen LogP contribution >= 0.6 is 0 Å². The molecule has 0 aliphatic heterocycles. The number of benzene rings is 1. The molecule has 1 atom stereocenters. The summed E-state index contributed by atoms with van der Waals surface area (Å²) < 4.78 is 5.43. The Kier molecular flexibility index (Phi) is 3.91. The first kappa shape index (κ1) is 14.4. The molecule has 0 amide bonds. The summed E-state index contributed by atoms with van der Waals surface area (Å²) in [6.07, 6.45) is 4.78. The van der Waals surface area contributed by atoms with E-state index in [1.165, 1.54) is 12.0 Å². The smallest absolute Gasteiger partial charge is 0.122 e. The van der Waals surface area contributed by atoms with Gasteiger partial charge in [-0.05, 0) is 43.2 Å². The van der Waals surface area contributed by atoms with Crippen LogP contribution in [0.3, 0.4) is 0 Å². The first-order valence-electron chi connectivity index (χ1n) is 7.20. The van der Waals surface area contributed by atoms with E-state index in [2.05, 4.69) is 32.9 Å². The fourth-order valence-electron chi connectivity index (χ4n) is 3.51. The lowest BCUT2D eigenvalue weighted by molar-refractivity contribution is -0.0385. The van der Waals surface area contributed by atoms with Gasteiger partial charge < -0.3 is 9.84 Å². The molecule has 1 aromatic rings. The van der Waals surface area contributed by atoms with Crippen LogP contribution in [0, 0.1) is 12.3 Å². The third kappa shape index (κ3) is 3.50. The van der Waals surface area contributed by atoms with Gasteiger partial charge in [0.2, 0.25) is 0 Å². The molecule has 2 heteroatoms. The molecule has 1 aliphatic rings. The molecule has 2 rings (SSSR count). The van der Waals surface area contributed by atoms with Crippen molar-refractivity contribution in [1.82, 2.24) is 0 Å². The number of aryl methyl sites for hydroxylation is 1. The highest BCUT2D eigenvalue weighted by molar-refractivity contribution is 5.38. The van der Waals surface area contributed by atoms with Gasteiger partial charge in [-0.15, -0.1) is 0 Å². The average Bonchev–Trinajstić information content (AvgIpc) is 2.26. The number of methoxy groups -OCH3 is 1. The van der Waals surface area contributed by atoms with E-state index in [0.717, 1.165) is 30.6 Å². The Morgan fingerprint density at radius 1 is 1.26 bits per heavy atom. The summed E-state index contributed by atoms with van der Waals surface area (Å²) in [6.45, 7) is 6.59. The quantitative estimate of drug-likeness (QED) is 0.896. The normalized spacial score (nSPS) is 26.2. The van der Waals surface area contributed by atoms with Crippen molar-refractivity contribution in [1.29, 1.82) is 0 Å². The predicted molar refractivity (Wildman–Crippen MR) is 78.6 cm³/mol. The SMILES string of the molecule is COc1ccc(C)cc1CC1(O)CCCC(C)(C)C1. The largest absolute Gasteiger partial charge is 0.496 e. The lowest BCUT2D eigenvalue weighted by Crippen LogP contribution is -2.40. The molecule has 1 unspecified atom stereocenters. The van der Waals surface area contributed by atoms with Crippen LogP contribution < -0.4 is 4.74 Å². The summed E-state index contributed by atoms with van der Waals surface area (Å²) >= 11 is 0. The van der Waals surface area contributed by atoms with Gasteiger partial charge in [-0.3, -0.25) is 0 Å². The average molecular weight is 262 g/mol. The van der Waals surface area contributed by atoms with E-state index in [4.69, 9.17) is 4.74 Å². The van der Waals surface area contributed by atoms with Crippen LogP contribution in [0.25, 0.3) is 0 Å². The molecule has 1 aliphatic carbocycles. The molecule has 0 saturated heterocycles. The Hall–Kier alpha value is -1.02. The van der Waals surface area contributed by atoms with Gasteiger partial charge in [0.1, 0.15) is 5.75 Å². The van der Waals surface area contributed by atoms with E-state index in [1.807, 2.05) is 6.07 Å². The summed E-state index contributed by atoms with van der Waals surface area (Å²) in [5, 5.41) is 10.9. The van der Waals surface area contributed by atoms with Crippen LogP contribution in [0.4, 0.5) is 0 Å². The third-order valence-electron chi connectivity index (χ3n) is 4.26. The van der Waals surface area contributed by atoms with Gasteiger partial charge in [0.25, 0.3) is 0 Å². The Balaban J connectivity index is 2.22. The Morgan fingerprint density at radius 2 is 2.00 bits per heavy atom. The van der Waals surface area contributed by atoms with Gasteiger partial charge in [0.15, 0.2) is 0 Å². The highest BCUT2D eigenvalue weighted by atomic mass is 16.5. The van der Waals surface area contributed by atoms with E-state index in [1.54, 1.807) is 7.11 Å². The molecule has 1 fully saturated rings. The molecular weight excluding hydrogens is 236 g/mol. The molecule has 1 aromatic carbocycles. The van der Waals surface area contributed by atoms with Gasteiger partial charge >= 0.3 is 0 Å². The van der Waals surface area contributed by atoms with Crippen molar-refractivity contribution in [3.63, 3.8) is 0 Å². The molecule has 0 bridgehead atoms. The minimum Gasteiger partial charge on any atom is -0.496 e. The van der Waals surface area contributed by atoms with Gasteiger partial charge in [-0.1, -0.05) is 38.0 Å². The standard InChI is InChI=1S/C17H26O2/c1-13-6-7-15(19-4)14(10-13)11-17(18)9-5-8-16(2,3)12-17/h6-7,10,18H,5,8-9,11-12H2,1-4H3. The molecule has 1 N–H and O–H groups in total. The van der Waals surface area contributed by atoms with Gasteiger partial charge in [-0.25, -0.2) is 0 Å². The van der Waals surface area contributed by atoms with E-state index in [9.17, 15) is 5.11 Å². The first-order chi connectivity index (χ1) is 8.84. The topological polar surface area (TPSA) is 29.5 Å². The van der Waals surface area contributed by atoms with Crippen LogP contribution in [0.2, 0.25) is 0 Å². The van der Waals surface area contributed by atoms with Gasteiger partial charge in [0.05, 0.1) is 12.7 Å². The van der Waals surface area contributed by atoms with Crippen molar-refractivity contribution in [2.24, 2.45) is 5.41 Å². The summed E-state index contributed by atoms with van der Waals surface area (Å²) in [5.41, 5.74) is 2.00. The molecule has 106 valence electrons. The zero-order chi connectivity index (χ0) is 14.1. The molecule has 2 nitrogen and oxygen atoms in total. The maximum Gasteiger partial charge on any atom is 0.122 e. The zero-order valence-electron chi connectivity index (χ0n) is 12.6. The Morgan fingerprint density at radius 3 is 2.63 bits per heavy atom. The summed E-state index contributed by atoms with van der Waals surface area (Å²) in [7, 11) is 1.70. The molecule has 0 spiro atoms. The second kappa shape index (κ2) is 5.16.